The number of carbonyl (C=O) groups is 2. The molecule has 140 valence electrons. The summed E-state index contributed by atoms with van der Waals surface area (Å²) in [5.74, 6) is -0.478. The zero-order chi connectivity index (χ0) is 18.7. The van der Waals surface area contributed by atoms with Crippen LogP contribution in [0.3, 0.4) is 0 Å². The molecule has 0 aromatic heterocycles. The van der Waals surface area contributed by atoms with Crippen molar-refractivity contribution in [2.45, 2.75) is 38.6 Å². The molecular formula is C18H23N3O5. The van der Waals surface area contributed by atoms with Crippen molar-refractivity contribution < 1.29 is 19.2 Å². The number of carbonyl (C=O) groups excluding carboxylic acids is 2. The van der Waals surface area contributed by atoms with Gasteiger partial charge < -0.3 is 15.0 Å². The van der Waals surface area contributed by atoms with Gasteiger partial charge in [-0.25, -0.2) is 4.79 Å². The second kappa shape index (κ2) is 7.72. The van der Waals surface area contributed by atoms with E-state index in [2.05, 4.69) is 12.2 Å². The number of hydrogen-bond donors (Lipinski definition) is 1. The Morgan fingerprint density at radius 2 is 1.96 bits per heavy atom. The van der Waals surface area contributed by atoms with Crippen molar-refractivity contribution in [2.24, 2.45) is 5.92 Å². The number of hydrogen-bond acceptors (Lipinski definition) is 6. The van der Waals surface area contributed by atoms with Crippen LogP contribution < -0.4 is 10.2 Å². The van der Waals surface area contributed by atoms with E-state index in [1.54, 1.807) is 6.07 Å². The zero-order valence-electron chi connectivity index (χ0n) is 14.8. The van der Waals surface area contributed by atoms with Crippen LogP contribution in [-0.2, 0) is 9.53 Å². The van der Waals surface area contributed by atoms with E-state index in [1.165, 1.54) is 12.1 Å². The molecule has 2 aliphatic rings. The molecule has 0 spiro atoms. The third-order valence-electron chi connectivity index (χ3n) is 4.81. The zero-order valence-corrected chi connectivity index (χ0v) is 14.8. The van der Waals surface area contributed by atoms with Gasteiger partial charge in [0.2, 0.25) is 0 Å². The maximum Gasteiger partial charge on any atom is 0.338 e. The Kier molecular flexibility index (Phi) is 5.39. The van der Waals surface area contributed by atoms with E-state index in [0.717, 1.165) is 38.8 Å². The minimum atomic E-state index is -0.738. The van der Waals surface area contributed by atoms with E-state index in [1.807, 2.05) is 4.90 Å². The Morgan fingerprint density at radius 1 is 1.27 bits per heavy atom. The Balaban J connectivity index is 1.67. The van der Waals surface area contributed by atoms with Gasteiger partial charge in [-0.05, 0) is 43.7 Å². The fourth-order valence-electron chi connectivity index (χ4n) is 3.02. The van der Waals surface area contributed by atoms with Gasteiger partial charge in [-0.3, -0.25) is 14.9 Å². The molecule has 1 aliphatic heterocycles. The van der Waals surface area contributed by atoms with Crippen molar-refractivity contribution in [2.75, 3.05) is 24.6 Å². The molecule has 26 heavy (non-hydrogen) atoms. The largest absolute Gasteiger partial charge is 0.452 e. The predicted molar refractivity (Wildman–Crippen MR) is 95.2 cm³/mol. The first-order valence-corrected chi connectivity index (χ1v) is 8.94. The summed E-state index contributed by atoms with van der Waals surface area (Å²) in [6.45, 7) is 3.30. The molecule has 0 bridgehead atoms. The van der Waals surface area contributed by atoms with Crippen molar-refractivity contribution in [3.63, 3.8) is 0 Å². The van der Waals surface area contributed by atoms with E-state index in [-0.39, 0.29) is 29.8 Å². The number of benzene rings is 1. The fourth-order valence-corrected chi connectivity index (χ4v) is 3.02. The molecule has 1 saturated carbocycles. The Morgan fingerprint density at radius 3 is 2.58 bits per heavy atom. The Bertz CT molecular complexity index is 709. The lowest BCUT2D eigenvalue weighted by molar-refractivity contribution is -0.384. The summed E-state index contributed by atoms with van der Waals surface area (Å²) in [6.07, 6.45) is 3.86. The van der Waals surface area contributed by atoms with Crippen LogP contribution in [0.25, 0.3) is 0 Å². The number of amides is 1. The summed E-state index contributed by atoms with van der Waals surface area (Å²) < 4.78 is 4.97. The molecule has 1 aliphatic carbocycles. The van der Waals surface area contributed by atoms with E-state index in [0.29, 0.717) is 11.6 Å². The van der Waals surface area contributed by atoms with Gasteiger partial charge in [0.1, 0.15) is 5.69 Å². The van der Waals surface area contributed by atoms with Crippen LogP contribution in [0.2, 0.25) is 0 Å². The smallest absolute Gasteiger partial charge is 0.338 e. The molecule has 1 N–H and O–H groups in total. The van der Waals surface area contributed by atoms with E-state index in [9.17, 15) is 19.7 Å². The van der Waals surface area contributed by atoms with E-state index in [4.69, 9.17) is 4.74 Å². The number of nitro benzene ring substituents is 1. The molecule has 0 unspecified atom stereocenters. The molecule has 8 nitrogen and oxygen atoms in total. The van der Waals surface area contributed by atoms with Gasteiger partial charge in [-0.15, -0.1) is 0 Å². The SMILES string of the molecule is CC1CCN(c2ccc(C(=O)OCC(=O)NC3CC3)cc2[N+](=O)[O-])CC1. The van der Waals surface area contributed by atoms with Crippen molar-refractivity contribution in [1.29, 1.82) is 0 Å². The van der Waals surface area contributed by atoms with Crippen LogP contribution in [0.1, 0.15) is 43.0 Å². The highest BCUT2D eigenvalue weighted by Gasteiger charge is 2.26. The van der Waals surface area contributed by atoms with Crippen LogP contribution in [0.15, 0.2) is 18.2 Å². The summed E-state index contributed by atoms with van der Waals surface area (Å²) in [6, 6.07) is 4.53. The van der Waals surface area contributed by atoms with E-state index < -0.39 is 10.9 Å². The molecule has 1 amide bonds. The summed E-state index contributed by atoms with van der Waals surface area (Å²) in [7, 11) is 0. The number of ether oxygens (including phenoxy) is 1. The molecule has 1 saturated heterocycles. The minimum Gasteiger partial charge on any atom is -0.452 e. The first-order chi connectivity index (χ1) is 12.4. The van der Waals surface area contributed by atoms with Gasteiger partial charge in [0, 0.05) is 25.2 Å². The maximum atomic E-state index is 12.1. The summed E-state index contributed by atoms with van der Waals surface area (Å²) >= 11 is 0. The average Bonchev–Trinajstić information content (AvgIpc) is 3.43. The topological polar surface area (TPSA) is 102 Å². The molecule has 1 aromatic rings. The van der Waals surface area contributed by atoms with Gasteiger partial charge in [-0.2, -0.15) is 0 Å². The number of nitrogens with zero attached hydrogens (tertiary/aromatic N) is 2. The second-order valence-electron chi connectivity index (χ2n) is 7.05. The molecule has 3 rings (SSSR count). The summed E-state index contributed by atoms with van der Waals surface area (Å²) in [5.41, 5.74) is 0.478. The molecule has 1 heterocycles. The van der Waals surface area contributed by atoms with Crippen LogP contribution in [0, 0.1) is 16.0 Å². The Hall–Kier alpha value is -2.64. The molecule has 8 heteroatoms. The lowest BCUT2D eigenvalue weighted by Crippen LogP contribution is -2.33. The third kappa shape index (κ3) is 4.50. The van der Waals surface area contributed by atoms with Crippen molar-refractivity contribution in [3.05, 3.63) is 33.9 Å². The van der Waals surface area contributed by atoms with Crippen molar-refractivity contribution in [1.82, 2.24) is 5.32 Å². The number of anilines is 1. The number of nitrogens with one attached hydrogen (secondary N) is 1. The van der Waals surface area contributed by atoms with Crippen LogP contribution in [0.4, 0.5) is 11.4 Å². The quantitative estimate of drug-likeness (QED) is 0.474. The second-order valence-corrected chi connectivity index (χ2v) is 7.05. The van der Waals surface area contributed by atoms with Crippen LogP contribution in [0.5, 0.6) is 0 Å². The van der Waals surface area contributed by atoms with Gasteiger partial charge in [0.15, 0.2) is 6.61 Å². The van der Waals surface area contributed by atoms with Gasteiger partial charge >= 0.3 is 5.97 Å². The minimum absolute atomic E-state index is 0.0741. The third-order valence-corrected chi connectivity index (χ3v) is 4.81. The van der Waals surface area contributed by atoms with Crippen LogP contribution in [-0.4, -0.2) is 42.5 Å². The molecule has 0 atom stereocenters. The van der Waals surface area contributed by atoms with Crippen LogP contribution >= 0.6 is 0 Å². The average molecular weight is 361 g/mol. The monoisotopic (exact) mass is 361 g/mol. The van der Waals surface area contributed by atoms with Gasteiger partial charge in [0.05, 0.1) is 10.5 Å². The Labute approximate surface area is 151 Å². The first-order valence-electron chi connectivity index (χ1n) is 8.94. The predicted octanol–water partition coefficient (Wildman–Crippen LogP) is 2.27. The van der Waals surface area contributed by atoms with Crippen molar-refractivity contribution in [3.8, 4) is 0 Å². The summed E-state index contributed by atoms with van der Waals surface area (Å²) in [5, 5.41) is 14.2. The normalized spacial score (nSPS) is 17.7. The molecule has 2 fully saturated rings. The summed E-state index contributed by atoms with van der Waals surface area (Å²) in [4.78, 5) is 36.7. The number of nitro groups is 1. The highest BCUT2D eigenvalue weighted by atomic mass is 16.6. The van der Waals surface area contributed by atoms with Crippen molar-refractivity contribution >= 4 is 23.3 Å². The molecule has 1 aromatic carbocycles. The highest BCUT2D eigenvalue weighted by Crippen LogP contribution is 2.32. The highest BCUT2D eigenvalue weighted by molar-refractivity contribution is 5.93. The maximum absolute atomic E-state index is 12.1. The number of piperidine rings is 1. The van der Waals surface area contributed by atoms with E-state index >= 15 is 0 Å². The first kappa shape index (κ1) is 18.2. The van der Waals surface area contributed by atoms with Gasteiger partial charge in [0.25, 0.3) is 11.6 Å². The fraction of sp³-hybridized carbons (Fsp3) is 0.556. The molecule has 0 radical (unpaired) electrons. The lowest BCUT2D eigenvalue weighted by atomic mass is 9.98. The molecular weight excluding hydrogens is 338 g/mol. The number of rotatable bonds is 6. The number of esters is 1. The lowest BCUT2D eigenvalue weighted by Gasteiger charge is -2.31. The standard InChI is InChI=1S/C18H23N3O5/c1-12-6-8-20(9-7-12)15-5-2-13(10-16(15)21(24)25)18(23)26-11-17(22)19-14-3-4-14/h2,5,10,12,14H,3-4,6-9,11H2,1H3,(H,19,22). The van der Waals surface area contributed by atoms with Gasteiger partial charge in [-0.1, -0.05) is 6.92 Å².